The first-order valence-corrected chi connectivity index (χ1v) is 4.06. The molecule has 1 radical (unpaired) electrons. The number of likely N-dealkylation sites (tertiary alicyclic amines) is 1. The van der Waals surface area contributed by atoms with Crippen LogP contribution in [0.25, 0.3) is 0 Å². The molecule has 9 heavy (non-hydrogen) atoms. The largest absolute Gasteiger partial charge is 0.296 e. The fourth-order valence-corrected chi connectivity index (χ4v) is 1.85. The molecular weight excluding hydrogens is 110 g/mol. The van der Waals surface area contributed by atoms with Crippen LogP contribution in [0.15, 0.2) is 0 Å². The maximum Gasteiger partial charge on any atom is 0.0267 e. The highest BCUT2D eigenvalue weighted by molar-refractivity contribution is 4.89. The van der Waals surface area contributed by atoms with E-state index >= 15 is 0 Å². The van der Waals surface area contributed by atoms with Gasteiger partial charge < -0.3 is 0 Å². The minimum absolute atomic E-state index is 0.943. The zero-order valence-electron chi connectivity index (χ0n) is 5.84. The van der Waals surface area contributed by atoms with E-state index in [1.807, 2.05) is 0 Å². The van der Waals surface area contributed by atoms with Crippen LogP contribution in [0.1, 0.15) is 32.1 Å². The highest BCUT2D eigenvalue weighted by Crippen LogP contribution is 2.28. The Bertz CT molecular complexity index is 90.7. The molecule has 0 spiro atoms. The molecule has 2 fully saturated rings. The van der Waals surface area contributed by atoms with Gasteiger partial charge in [0.2, 0.25) is 0 Å². The average Bonchev–Trinajstić information content (AvgIpc) is 2.11. The molecule has 0 aromatic rings. The van der Waals surface area contributed by atoms with Crippen molar-refractivity contribution in [3.8, 4) is 0 Å². The molecule has 0 aromatic carbocycles. The first-order chi connectivity index (χ1) is 4.47. The average molecular weight is 124 g/mol. The lowest BCUT2D eigenvalue weighted by Gasteiger charge is -2.35. The Balaban J connectivity index is 1.82. The smallest absolute Gasteiger partial charge is 0.0267 e. The molecule has 51 valence electrons. The van der Waals surface area contributed by atoms with E-state index in [0.29, 0.717) is 0 Å². The van der Waals surface area contributed by atoms with E-state index in [1.54, 1.807) is 0 Å². The highest BCUT2D eigenvalue weighted by Gasteiger charge is 2.26. The lowest BCUT2D eigenvalue weighted by atomic mass is 10.1. The summed E-state index contributed by atoms with van der Waals surface area (Å²) >= 11 is 0. The van der Waals surface area contributed by atoms with Crippen LogP contribution in [0, 0.1) is 6.54 Å². The maximum absolute atomic E-state index is 2.52. The van der Waals surface area contributed by atoms with Crippen molar-refractivity contribution in [2.24, 2.45) is 0 Å². The van der Waals surface area contributed by atoms with Gasteiger partial charge in [0.25, 0.3) is 0 Å². The zero-order chi connectivity index (χ0) is 6.10. The third kappa shape index (κ3) is 0.983. The van der Waals surface area contributed by atoms with Crippen molar-refractivity contribution in [2.45, 2.75) is 38.1 Å². The topological polar surface area (TPSA) is 3.24 Å². The fourth-order valence-electron chi connectivity index (χ4n) is 1.85. The molecule has 1 saturated carbocycles. The Labute approximate surface area is 57.0 Å². The van der Waals surface area contributed by atoms with Crippen molar-refractivity contribution in [1.29, 1.82) is 0 Å². The maximum atomic E-state index is 2.52. The fraction of sp³-hybridized carbons (Fsp3) is 0.875. The molecule has 1 heterocycles. The Hall–Kier alpha value is -0.0400. The predicted molar refractivity (Wildman–Crippen MR) is 37.9 cm³/mol. The number of rotatable bonds is 1. The SMILES string of the molecule is [CH]1CCN1C1CCCC1. The summed E-state index contributed by atoms with van der Waals surface area (Å²) in [5.41, 5.74) is 0. The number of nitrogens with zero attached hydrogens (tertiary/aromatic N) is 1. The minimum atomic E-state index is 0.943. The Kier molecular flexibility index (Phi) is 1.46. The lowest BCUT2D eigenvalue weighted by molar-refractivity contribution is 0.175. The second-order valence-corrected chi connectivity index (χ2v) is 3.15. The first kappa shape index (κ1) is 5.72. The molecule has 2 rings (SSSR count). The molecule has 1 saturated heterocycles. The van der Waals surface area contributed by atoms with Crippen LogP contribution in [-0.2, 0) is 0 Å². The Morgan fingerprint density at radius 2 is 1.89 bits per heavy atom. The zero-order valence-corrected chi connectivity index (χ0v) is 5.84. The first-order valence-electron chi connectivity index (χ1n) is 4.06. The van der Waals surface area contributed by atoms with Gasteiger partial charge in [0.05, 0.1) is 0 Å². The third-order valence-electron chi connectivity index (χ3n) is 2.54. The quantitative estimate of drug-likeness (QED) is 0.515. The molecule has 0 atom stereocenters. The van der Waals surface area contributed by atoms with E-state index in [9.17, 15) is 0 Å². The van der Waals surface area contributed by atoms with Gasteiger partial charge in [0.1, 0.15) is 0 Å². The van der Waals surface area contributed by atoms with Gasteiger partial charge >= 0.3 is 0 Å². The van der Waals surface area contributed by atoms with E-state index in [4.69, 9.17) is 0 Å². The van der Waals surface area contributed by atoms with E-state index in [2.05, 4.69) is 11.4 Å². The molecule has 1 heteroatoms. The van der Waals surface area contributed by atoms with Crippen LogP contribution in [0.4, 0.5) is 0 Å². The Morgan fingerprint density at radius 3 is 2.33 bits per heavy atom. The third-order valence-corrected chi connectivity index (χ3v) is 2.54. The van der Waals surface area contributed by atoms with E-state index in [-0.39, 0.29) is 0 Å². The van der Waals surface area contributed by atoms with Gasteiger partial charge in [0.15, 0.2) is 0 Å². The van der Waals surface area contributed by atoms with Gasteiger partial charge in [-0.25, -0.2) is 0 Å². The van der Waals surface area contributed by atoms with Gasteiger partial charge in [-0.15, -0.1) is 0 Å². The van der Waals surface area contributed by atoms with Crippen molar-refractivity contribution < 1.29 is 0 Å². The van der Waals surface area contributed by atoms with Gasteiger partial charge in [-0.1, -0.05) is 12.8 Å². The summed E-state index contributed by atoms with van der Waals surface area (Å²) in [4.78, 5) is 2.52. The summed E-state index contributed by atoms with van der Waals surface area (Å²) < 4.78 is 0. The molecular formula is C8H14N. The van der Waals surface area contributed by atoms with Gasteiger partial charge in [-0.05, 0) is 19.3 Å². The van der Waals surface area contributed by atoms with Gasteiger partial charge in [-0.2, -0.15) is 0 Å². The van der Waals surface area contributed by atoms with Crippen LogP contribution >= 0.6 is 0 Å². The summed E-state index contributed by atoms with van der Waals surface area (Å²) in [6.07, 6.45) is 7.17. The van der Waals surface area contributed by atoms with Crippen LogP contribution in [0.3, 0.4) is 0 Å². The summed E-state index contributed by atoms with van der Waals surface area (Å²) in [6.45, 7) is 3.70. The second kappa shape index (κ2) is 2.30. The van der Waals surface area contributed by atoms with Crippen LogP contribution in [-0.4, -0.2) is 17.5 Å². The molecule has 1 aliphatic heterocycles. The monoisotopic (exact) mass is 124 g/mol. The van der Waals surface area contributed by atoms with E-state index in [0.717, 1.165) is 6.04 Å². The van der Waals surface area contributed by atoms with Crippen LogP contribution in [0.2, 0.25) is 0 Å². The van der Waals surface area contributed by atoms with E-state index in [1.165, 1.54) is 38.6 Å². The standard InChI is InChI=1S/C8H14N/c1-2-5-8(4-1)9-6-3-7-9/h6,8H,1-5,7H2. The summed E-state index contributed by atoms with van der Waals surface area (Å²) in [5.74, 6) is 0. The van der Waals surface area contributed by atoms with Crippen molar-refractivity contribution in [1.82, 2.24) is 4.90 Å². The molecule has 0 bridgehead atoms. The van der Waals surface area contributed by atoms with Crippen molar-refractivity contribution >= 4 is 0 Å². The van der Waals surface area contributed by atoms with Gasteiger partial charge in [0, 0.05) is 19.1 Å². The van der Waals surface area contributed by atoms with Crippen molar-refractivity contribution in [2.75, 3.05) is 6.54 Å². The second-order valence-electron chi connectivity index (χ2n) is 3.15. The van der Waals surface area contributed by atoms with Gasteiger partial charge in [-0.3, -0.25) is 4.90 Å². The minimum Gasteiger partial charge on any atom is -0.296 e. The molecule has 1 aliphatic carbocycles. The Morgan fingerprint density at radius 1 is 1.22 bits per heavy atom. The number of hydrogen-bond donors (Lipinski definition) is 0. The summed E-state index contributed by atoms with van der Waals surface area (Å²) in [6, 6.07) is 0.943. The lowest BCUT2D eigenvalue weighted by Crippen LogP contribution is -2.39. The molecule has 0 amide bonds. The molecule has 0 unspecified atom stereocenters. The normalized spacial score (nSPS) is 30.7. The molecule has 0 N–H and O–H groups in total. The van der Waals surface area contributed by atoms with E-state index < -0.39 is 0 Å². The van der Waals surface area contributed by atoms with Crippen LogP contribution < -0.4 is 0 Å². The predicted octanol–water partition coefficient (Wildman–Crippen LogP) is 1.80. The highest BCUT2D eigenvalue weighted by atomic mass is 15.2. The van der Waals surface area contributed by atoms with Crippen molar-refractivity contribution in [3.05, 3.63) is 6.54 Å². The van der Waals surface area contributed by atoms with Crippen LogP contribution in [0.5, 0.6) is 0 Å². The number of hydrogen-bond acceptors (Lipinski definition) is 1. The molecule has 0 aromatic heterocycles. The molecule has 1 nitrogen and oxygen atoms in total. The molecule has 2 aliphatic rings. The summed E-state index contributed by atoms with van der Waals surface area (Å²) in [7, 11) is 0. The van der Waals surface area contributed by atoms with Crippen molar-refractivity contribution in [3.63, 3.8) is 0 Å². The summed E-state index contributed by atoms with van der Waals surface area (Å²) in [5, 5.41) is 0.